The average molecular weight is 172 g/mol. The maximum Gasteiger partial charge on any atom is 0.230 e. The summed E-state index contributed by atoms with van der Waals surface area (Å²) in [5.41, 5.74) is 0. The third-order valence-electron chi connectivity index (χ3n) is 1.74. The molecule has 0 saturated heterocycles. The Kier molecular flexibility index (Phi) is 1.70. The second kappa shape index (κ2) is 2.86. The van der Waals surface area contributed by atoms with Crippen LogP contribution >= 0.6 is 0 Å². The van der Waals surface area contributed by atoms with Crippen LogP contribution in [-0.4, -0.2) is 6.72 Å². The molecule has 1 heterocycles. The second-order valence-corrected chi connectivity index (χ2v) is 2.59. The predicted molar refractivity (Wildman–Crippen MR) is 50.4 cm³/mol. The summed E-state index contributed by atoms with van der Waals surface area (Å²) >= 11 is 0. The number of para-hydroxylation sites is 1. The molecule has 0 bridgehead atoms. The molecule has 0 atom stereocenters. The van der Waals surface area contributed by atoms with Gasteiger partial charge in [0.15, 0.2) is 0 Å². The normalized spacial score (nSPS) is 14.2. The van der Waals surface area contributed by atoms with Crippen molar-refractivity contribution in [2.75, 3.05) is 0 Å². The van der Waals surface area contributed by atoms with Crippen LogP contribution < -0.4 is 10.6 Å². The van der Waals surface area contributed by atoms with E-state index in [0.29, 0.717) is 11.8 Å². The number of fused-ring (bicyclic) bond motifs is 1. The maximum atomic E-state index is 5.19. The highest BCUT2D eigenvalue weighted by Gasteiger charge is 2.05. The van der Waals surface area contributed by atoms with E-state index in [1.807, 2.05) is 24.3 Å². The lowest BCUT2D eigenvalue weighted by Crippen LogP contribution is -2.30. The number of hydrogen-bond donors (Lipinski definition) is 0. The van der Waals surface area contributed by atoms with E-state index in [2.05, 4.69) is 23.3 Å². The van der Waals surface area contributed by atoms with Crippen LogP contribution in [0.4, 0.5) is 0 Å². The van der Waals surface area contributed by atoms with Crippen molar-refractivity contribution in [3.05, 3.63) is 47.3 Å². The summed E-state index contributed by atoms with van der Waals surface area (Å²) in [6.07, 6.45) is 0. The fraction of sp³-hybridized carbons (Fsp3) is 0. The van der Waals surface area contributed by atoms with E-state index in [0.717, 1.165) is 10.6 Å². The van der Waals surface area contributed by atoms with Gasteiger partial charge < -0.3 is 4.74 Å². The minimum atomic E-state index is 0.348. The Bertz CT molecular complexity index is 488. The summed E-state index contributed by atoms with van der Waals surface area (Å²) in [5, 5.41) is 1.67. The molecular formula is C10H8N2O. The Balaban J connectivity index is 2.90. The first-order chi connectivity index (χ1) is 6.31. The number of rotatable bonds is 1. The van der Waals surface area contributed by atoms with Gasteiger partial charge in [-0.15, -0.1) is 0 Å². The van der Waals surface area contributed by atoms with E-state index < -0.39 is 0 Å². The molecule has 13 heavy (non-hydrogen) atoms. The van der Waals surface area contributed by atoms with E-state index in [9.17, 15) is 0 Å². The van der Waals surface area contributed by atoms with E-state index >= 15 is 0 Å². The van der Waals surface area contributed by atoms with Gasteiger partial charge in [0.25, 0.3) is 0 Å². The third kappa shape index (κ3) is 1.24. The summed E-state index contributed by atoms with van der Waals surface area (Å²) in [7, 11) is 0. The molecule has 1 aliphatic rings. The van der Waals surface area contributed by atoms with Crippen molar-refractivity contribution in [1.29, 1.82) is 0 Å². The van der Waals surface area contributed by atoms with Crippen LogP contribution in [0.3, 0.4) is 0 Å². The van der Waals surface area contributed by atoms with Gasteiger partial charge in [-0.2, -0.15) is 0 Å². The third-order valence-corrected chi connectivity index (χ3v) is 1.74. The van der Waals surface area contributed by atoms with Crippen molar-refractivity contribution in [2.45, 2.75) is 0 Å². The van der Waals surface area contributed by atoms with Gasteiger partial charge >= 0.3 is 0 Å². The molecule has 1 aliphatic heterocycles. The Hall–Kier alpha value is -1.90. The molecule has 0 aromatic heterocycles. The predicted octanol–water partition coefficient (Wildman–Crippen LogP) is 0.574. The molecule has 0 N–H and O–H groups in total. The van der Waals surface area contributed by atoms with Crippen LogP contribution in [0.25, 0.3) is 5.88 Å². The molecule has 1 aromatic carbocycles. The molecule has 1 aromatic rings. The number of hydrogen-bond acceptors (Lipinski definition) is 3. The highest BCUT2D eigenvalue weighted by Crippen LogP contribution is 2.07. The largest absolute Gasteiger partial charge is 0.421 e. The molecule has 0 fully saturated rings. The molecule has 3 heteroatoms. The fourth-order valence-electron chi connectivity index (χ4n) is 1.19. The minimum absolute atomic E-state index is 0.348. The lowest BCUT2D eigenvalue weighted by atomic mass is 10.3. The molecule has 2 rings (SSSR count). The standard InChI is InChI=1S/C10H8N2O/c1-7-12-9-6-4-3-5-8(9)10(11-2)13-7/h3-6H,1-2H2. The van der Waals surface area contributed by atoms with E-state index in [4.69, 9.17) is 4.74 Å². The maximum absolute atomic E-state index is 5.19. The van der Waals surface area contributed by atoms with Crippen molar-refractivity contribution in [1.82, 2.24) is 0 Å². The molecule has 64 valence electrons. The smallest absolute Gasteiger partial charge is 0.230 e. The Morgan fingerprint density at radius 1 is 1.31 bits per heavy atom. The summed E-state index contributed by atoms with van der Waals surface area (Å²) in [6, 6.07) is 7.57. The highest BCUT2D eigenvalue weighted by atomic mass is 16.5. The van der Waals surface area contributed by atoms with Crippen LogP contribution in [0.15, 0.2) is 46.7 Å². The molecule has 0 radical (unpaired) electrons. The molecule has 0 saturated carbocycles. The van der Waals surface area contributed by atoms with Gasteiger partial charge in [-0.05, 0) is 25.4 Å². The Morgan fingerprint density at radius 3 is 2.85 bits per heavy atom. The second-order valence-electron chi connectivity index (χ2n) is 2.59. The van der Waals surface area contributed by atoms with Crippen molar-refractivity contribution in [3.63, 3.8) is 0 Å². The molecule has 0 amide bonds. The van der Waals surface area contributed by atoms with Gasteiger partial charge in [-0.1, -0.05) is 12.1 Å². The Labute approximate surface area is 75.4 Å². The van der Waals surface area contributed by atoms with E-state index in [1.54, 1.807) is 0 Å². The lowest BCUT2D eigenvalue weighted by molar-refractivity contribution is 0.358. The van der Waals surface area contributed by atoms with Crippen LogP contribution in [-0.2, 0) is 4.74 Å². The average Bonchev–Trinajstić information content (AvgIpc) is 2.16. The SMILES string of the molecule is C=NC1=c2ccccc2=NC(=C)O1. The number of ether oxygens (including phenoxy) is 1. The topological polar surface area (TPSA) is 34.0 Å². The zero-order chi connectivity index (χ0) is 9.26. The van der Waals surface area contributed by atoms with Crippen LogP contribution in [0.2, 0.25) is 0 Å². The highest BCUT2D eigenvalue weighted by molar-refractivity contribution is 5.46. The zero-order valence-electron chi connectivity index (χ0n) is 7.03. The van der Waals surface area contributed by atoms with Crippen LogP contribution in [0, 0.1) is 0 Å². The summed E-state index contributed by atoms with van der Waals surface area (Å²) in [4.78, 5) is 7.88. The first-order valence-corrected chi connectivity index (χ1v) is 3.83. The molecule has 0 aliphatic carbocycles. The van der Waals surface area contributed by atoms with Gasteiger partial charge in [-0.25, -0.2) is 9.98 Å². The van der Waals surface area contributed by atoms with Crippen molar-refractivity contribution in [2.24, 2.45) is 9.98 Å². The summed E-state index contributed by atoms with van der Waals surface area (Å²) in [5.74, 6) is 0.816. The molecular weight excluding hydrogens is 164 g/mol. The minimum Gasteiger partial charge on any atom is -0.421 e. The quantitative estimate of drug-likeness (QED) is 0.570. The van der Waals surface area contributed by atoms with E-state index in [-0.39, 0.29) is 0 Å². The van der Waals surface area contributed by atoms with Crippen molar-refractivity contribution < 1.29 is 4.74 Å². The fourth-order valence-corrected chi connectivity index (χ4v) is 1.19. The Morgan fingerprint density at radius 2 is 2.08 bits per heavy atom. The summed E-state index contributed by atoms with van der Waals surface area (Å²) in [6.45, 7) is 7.04. The van der Waals surface area contributed by atoms with E-state index in [1.165, 1.54) is 0 Å². The molecule has 3 nitrogen and oxygen atoms in total. The molecule has 0 unspecified atom stereocenters. The van der Waals surface area contributed by atoms with Gasteiger partial charge in [0.05, 0.1) is 10.6 Å². The molecule has 0 spiro atoms. The zero-order valence-corrected chi connectivity index (χ0v) is 7.03. The van der Waals surface area contributed by atoms with Gasteiger partial charge in [0, 0.05) is 0 Å². The monoisotopic (exact) mass is 172 g/mol. The number of nitrogens with zero attached hydrogens (tertiary/aromatic N) is 2. The van der Waals surface area contributed by atoms with Crippen LogP contribution in [0.1, 0.15) is 0 Å². The van der Waals surface area contributed by atoms with Gasteiger partial charge in [-0.3, -0.25) is 0 Å². The number of aliphatic imine (C=N–C) groups is 1. The lowest BCUT2D eigenvalue weighted by Gasteiger charge is -2.08. The first kappa shape index (κ1) is 7.73. The summed E-state index contributed by atoms with van der Waals surface area (Å²) < 4.78 is 5.19. The first-order valence-electron chi connectivity index (χ1n) is 3.83. The van der Waals surface area contributed by atoms with Gasteiger partial charge in [0.1, 0.15) is 0 Å². The van der Waals surface area contributed by atoms with Gasteiger partial charge in [0.2, 0.25) is 11.8 Å². The number of benzene rings is 1. The van der Waals surface area contributed by atoms with Crippen LogP contribution in [0.5, 0.6) is 0 Å². The van der Waals surface area contributed by atoms with Crippen molar-refractivity contribution >= 4 is 12.6 Å². The van der Waals surface area contributed by atoms with Crippen molar-refractivity contribution in [3.8, 4) is 0 Å².